The minimum Gasteiger partial charge on any atom is -0.399 e. The van der Waals surface area contributed by atoms with E-state index in [0.29, 0.717) is 23.8 Å². The van der Waals surface area contributed by atoms with E-state index >= 15 is 0 Å². The zero-order valence-electron chi connectivity index (χ0n) is 11.6. The summed E-state index contributed by atoms with van der Waals surface area (Å²) in [6, 6.07) is 5.35. The number of tetrazole rings is 1. The van der Waals surface area contributed by atoms with Crippen molar-refractivity contribution < 1.29 is 4.74 Å². The second kappa shape index (κ2) is 4.45. The van der Waals surface area contributed by atoms with E-state index in [1.165, 1.54) is 0 Å². The van der Waals surface area contributed by atoms with Crippen molar-refractivity contribution in [3.05, 3.63) is 18.2 Å². The van der Waals surface area contributed by atoms with Crippen molar-refractivity contribution in [2.75, 3.05) is 18.1 Å². The summed E-state index contributed by atoms with van der Waals surface area (Å²) in [4.78, 5) is 0. The van der Waals surface area contributed by atoms with Crippen molar-refractivity contribution in [3.63, 3.8) is 0 Å². The van der Waals surface area contributed by atoms with Gasteiger partial charge in [0.1, 0.15) is 0 Å². The maximum Gasteiger partial charge on any atom is 0.182 e. The highest BCUT2D eigenvalue weighted by Crippen LogP contribution is 2.35. The highest BCUT2D eigenvalue weighted by molar-refractivity contribution is 5.68. The highest BCUT2D eigenvalue weighted by Gasteiger charge is 2.41. The van der Waals surface area contributed by atoms with E-state index in [1.807, 2.05) is 23.7 Å². The normalized spacial score (nSPS) is 26.0. The lowest BCUT2D eigenvalue weighted by Crippen LogP contribution is -2.38. The number of ether oxygens (including phenoxy) is 1. The van der Waals surface area contributed by atoms with E-state index < -0.39 is 0 Å². The molecule has 3 rings (SSSR count). The molecule has 106 valence electrons. The van der Waals surface area contributed by atoms with Gasteiger partial charge in [-0.2, -0.15) is 0 Å². The molecule has 7 heteroatoms. The van der Waals surface area contributed by atoms with Crippen molar-refractivity contribution >= 4 is 11.4 Å². The Morgan fingerprint density at radius 2 is 2.00 bits per heavy atom. The maximum absolute atomic E-state index is 5.85. The number of nitrogen functional groups attached to an aromatic ring is 2. The number of benzene rings is 1. The molecule has 1 aromatic heterocycles. The molecule has 1 fully saturated rings. The minimum absolute atomic E-state index is 0.0446. The molecule has 0 amide bonds. The third kappa shape index (κ3) is 1.90. The first-order chi connectivity index (χ1) is 9.50. The largest absolute Gasteiger partial charge is 0.399 e. The van der Waals surface area contributed by atoms with Gasteiger partial charge in [-0.05, 0) is 48.9 Å². The molecule has 2 unspecified atom stereocenters. The van der Waals surface area contributed by atoms with Gasteiger partial charge in [0.2, 0.25) is 0 Å². The summed E-state index contributed by atoms with van der Waals surface area (Å²) in [5.41, 5.74) is 13.4. The second-order valence-corrected chi connectivity index (χ2v) is 5.42. The van der Waals surface area contributed by atoms with Crippen LogP contribution in [0.1, 0.15) is 20.3 Å². The van der Waals surface area contributed by atoms with Gasteiger partial charge in [0.15, 0.2) is 5.82 Å². The number of rotatable bonds is 2. The molecule has 2 heterocycles. The van der Waals surface area contributed by atoms with E-state index in [2.05, 4.69) is 22.4 Å². The quantitative estimate of drug-likeness (QED) is 0.792. The molecule has 7 nitrogen and oxygen atoms in total. The monoisotopic (exact) mass is 274 g/mol. The number of anilines is 2. The fourth-order valence-corrected chi connectivity index (χ4v) is 2.62. The van der Waals surface area contributed by atoms with Crippen LogP contribution < -0.4 is 11.5 Å². The highest BCUT2D eigenvalue weighted by atomic mass is 16.5. The molecule has 2 aromatic rings. The van der Waals surface area contributed by atoms with Gasteiger partial charge in [-0.1, -0.05) is 0 Å². The van der Waals surface area contributed by atoms with Crippen molar-refractivity contribution in [3.8, 4) is 11.4 Å². The standard InChI is InChI=1S/C13H18N6O/c1-8-13(2,3-4-20-8)19-12(16-17-18-19)9-5-10(14)7-11(15)6-9/h5-8H,3-4,14-15H2,1-2H3. The molecule has 2 atom stereocenters. The predicted octanol–water partition coefficient (Wildman–Crippen LogP) is 1.03. The fourth-order valence-electron chi connectivity index (χ4n) is 2.62. The summed E-state index contributed by atoms with van der Waals surface area (Å²) in [5.74, 6) is 0.656. The summed E-state index contributed by atoms with van der Waals surface area (Å²) in [5, 5.41) is 12.1. The molecule has 4 N–H and O–H groups in total. The van der Waals surface area contributed by atoms with Gasteiger partial charge in [-0.25, -0.2) is 4.68 Å². The molecule has 1 saturated heterocycles. The summed E-state index contributed by atoms with van der Waals surface area (Å²) in [6.45, 7) is 4.84. The number of nitrogens with two attached hydrogens (primary N) is 2. The lowest BCUT2D eigenvalue weighted by atomic mass is 9.94. The topological polar surface area (TPSA) is 105 Å². The molecule has 0 spiro atoms. The Hall–Kier alpha value is -2.15. The number of hydrogen-bond donors (Lipinski definition) is 2. The third-order valence-corrected chi connectivity index (χ3v) is 4.04. The van der Waals surface area contributed by atoms with E-state index in [-0.39, 0.29) is 11.6 Å². The van der Waals surface area contributed by atoms with Gasteiger partial charge in [-0.3, -0.25) is 0 Å². The van der Waals surface area contributed by atoms with Crippen LogP contribution in [-0.4, -0.2) is 32.9 Å². The Labute approximate surface area is 116 Å². The van der Waals surface area contributed by atoms with E-state index in [1.54, 1.807) is 6.07 Å². The van der Waals surface area contributed by atoms with Crippen molar-refractivity contribution in [1.82, 2.24) is 20.2 Å². The molecule has 1 aromatic carbocycles. The zero-order chi connectivity index (χ0) is 14.3. The van der Waals surface area contributed by atoms with Crippen LogP contribution in [-0.2, 0) is 10.3 Å². The zero-order valence-corrected chi connectivity index (χ0v) is 11.6. The molecule has 0 saturated carbocycles. The van der Waals surface area contributed by atoms with Gasteiger partial charge in [0.05, 0.1) is 11.6 Å². The molecule has 0 radical (unpaired) electrons. The van der Waals surface area contributed by atoms with Crippen molar-refractivity contribution in [2.45, 2.75) is 31.9 Å². The summed E-state index contributed by atoms with van der Waals surface area (Å²) in [7, 11) is 0. The van der Waals surface area contributed by atoms with Crippen LogP contribution in [0.2, 0.25) is 0 Å². The Morgan fingerprint density at radius 3 is 2.60 bits per heavy atom. The summed E-state index contributed by atoms with van der Waals surface area (Å²) < 4.78 is 7.48. The molecule has 1 aliphatic rings. The summed E-state index contributed by atoms with van der Waals surface area (Å²) >= 11 is 0. The summed E-state index contributed by atoms with van der Waals surface area (Å²) in [6.07, 6.45) is 0.910. The smallest absolute Gasteiger partial charge is 0.182 e. The van der Waals surface area contributed by atoms with Crippen LogP contribution in [0.4, 0.5) is 11.4 Å². The average molecular weight is 274 g/mol. The fraction of sp³-hybridized carbons (Fsp3) is 0.462. The molecular weight excluding hydrogens is 256 g/mol. The van der Waals surface area contributed by atoms with Crippen molar-refractivity contribution in [1.29, 1.82) is 0 Å². The Balaban J connectivity index is 2.10. The molecule has 1 aliphatic heterocycles. The van der Waals surface area contributed by atoms with Gasteiger partial charge < -0.3 is 16.2 Å². The van der Waals surface area contributed by atoms with Crippen LogP contribution in [0.25, 0.3) is 11.4 Å². The van der Waals surface area contributed by atoms with Gasteiger partial charge >= 0.3 is 0 Å². The molecular formula is C13H18N6O. The Kier molecular flexibility index (Phi) is 2.86. The van der Waals surface area contributed by atoms with Gasteiger partial charge in [-0.15, -0.1) is 5.10 Å². The molecule has 0 aliphatic carbocycles. The van der Waals surface area contributed by atoms with Crippen LogP contribution in [0.15, 0.2) is 18.2 Å². The molecule has 20 heavy (non-hydrogen) atoms. The lowest BCUT2D eigenvalue weighted by Gasteiger charge is -2.28. The average Bonchev–Trinajstić information content (AvgIpc) is 2.97. The van der Waals surface area contributed by atoms with E-state index in [9.17, 15) is 0 Å². The minimum atomic E-state index is -0.266. The van der Waals surface area contributed by atoms with Crippen LogP contribution in [0.5, 0.6) is 0 Å². The Bertz CT molecular complexity index is 619. The first-order valence-electron chi connectivity index (χ1n) is 6.57. The second-order valence-electron chi connectivity index (χ2n) is 5.42. The van der Waals surface area contributed by atoms with Gasteiger partial charge in [0, 0.05) is 23.5 Å². The number of hydrogen-bond acceptors (Lipinski definition) is 6. The number of nitrogens with zero attached hydrogens (tertiary/aromatic N) is 4. The Morgan fingerprint density at radius 1 is 1.30 bits per heavy atom. The first kappa shape index (κ1) is 12.9. The van der Waals surface area contributed by atoms with Crippen molar-refractivity contribution in [2.24, 2.45) is 0 Å². The third-order valence-electron chi connectivity index (χ3n) is 4.04. The van der Waals surface area contributed by atoms with E-state index in [0.717, 1.165) is 12.0 Å². The van der Waals surface area contributed by atoms with Crippen LogP contribution in [0.3, 0.4) is 0 Å². The van der Waals surface area contributed by atoms with Gasteiger partial charge in [0.25, 0.3) is 0 Å². The van der Waals surface area contributed by atoms with Crippen LogP contribution >= 0.6 is 0 Å². The SMILES string of the molecule is CC1OCCC1(C)n1nnnc1-c1cc(N)cc(N)c1. The first-order valence-corrected chi connectivity index (χ1v) is 6.57. The predicted molar refractivity (Wildman–Crippen MR) is 75.8 cm³/mol. The maximum atomic E-state index is 5.85. The van der Waals surface area contributed by atoms with Crippen LogP contribution in [0, 0.1) is 0 Å². The molecule has 0 bridgehead atoms. The lowest BCUT2D eigenvalue weighted by molar-refractivity contribution is 0.0706. The number of aromatic nitrogens is 4. The van der Waals surface area contributed by atoms with E-state index in [4.69, 9.17) is 16.2 Å².